The third-order valence-corrected chi connectivity index (χ3v) is 7.98. The molecule has 5 rings (SSSR count). The lowest BCUT2D eigenvalue weighted by Gasteiger charge is -2.35. The Morgan fingerprint density at radius 3 is 2.54 bits per heavy atom. The van der Waals surface area contributed by atoms with Crippen molar-refractivity contribution in [2.24, 2.45) is 13.0 Å². The highest BCUT2D eigenvalue weighted by atomic mass is 16.2. The number of amides is 3. The molecule has 1 saturated heterocycles. The Bertz CT molecular complexity index is 1130. The maximum absolute atomic E-state index is 13.5. The van der Waals surface area contributed by atoms with E-state index in [1.807, 2.05) is 26.1 Å². The van der Waals surface area contributed by atoms with E-state index in [0.717, 1.165) is 49.2 Å². The van der Waals surface area contributed by atoms with E-state index >= 15 is 0 Å². The predicted molar refractivity (Wildman–Crippen MR) is 133 cm³/mol. The zero-order chi connectivity index (χ0) is 24.5. The van der Waals surface area contributed by atoms with Crippen LogP contribution in [0.1, 0.15) is 83.3 Å². The molecular formula is C27H35N5O3. The summed E-state index contributed by atoms with van der Waals surface area (Å²) in [5.74, 6) is -0.516. The first kappa shape index (κ1) is 23.6. The van der Waals surface area contributed by atoms with Crippen LogP contribution in [0.3, 0.4) is 0 Å². The zero-order valence-corrected chi connectivity index (χ0v) is 20.8. The summed E-state index contributed by atoms with van der Waals surface area (Å²) in [7, 11) is 1.85. The van der Waals surface area contributed by atoms with Crippen LogP contribution in [-0.4, -0.2) is 51.5 Å². The number of anilines is 1. The summed E-state index contributed by atoms with van der Waals surface area (Å²) in [6.45, 7) is 3.48. The fourth-order valence-electron chi connectivity index (χ4n) is 5.75. The molecule has 8 nitrogen and oxygen atoms in total. The first-order valence-corrected chi connectivity index (χ1v) is 13.0. The topological polar surface area (TPSA) is 87.5 Å². The summed E-state index contributed by atoms with van der Waals surface area (Å²) in [6.07, 6.45) is 10.5. The molecule has 35 heavy (non-hydrogen) atoms. The average Bonchev–Trinajstić information content (AvgIpc) is 3.16. The highest BCUT2D eigenvalue weighted by Crippen LogP contribution is 2.35. The molecule has 0 radical (unpaired) electrons. The standard InChI is InChI=1S/C27H35N5O3/c1-18-20(15-28-30(18)2)17-32-26(34)22-12-7-13-23(24(22)27(32)35)31-14-8-9-19(16-31)25(33)29-21-10-5-3-4-6-11-21/h7,12-13,15,19,21H,3-6,8-11,14,16-17H2,1-2H3,(H,29,33)/t19-/m0/s1. The monoisotopic (exact) mass is 477 g/mol. The van der Waals surface area contributed by atoms with Crippen molar-refractivity contribution < 1.29 is 14.4 Å². The van der Waals surface area contributed by atoms with Gasteiger partial charge < -0.3 is 10.2 Å². The van der Waals surface area contributed by atoms with Crippen LogP contribution in [0.25, 0.3) is 0 Å². The van der Waals surface area contributed by atoms with Gasteiger partial charge in [0.15, 0.2) is 0 Å². The Balaban J connectivity index is 1.33. The maximum atomic E-state index is 13.5. The summed E-state index contributed by atoms with van der Waals surface area (Å²) in [5, 5.41) is 7.55. The fourth-order valence-corrected chi connectivity index (χ4v) is 5.75. The lowest BCUT2D eigenvalue weighted by atomic mass is 9.94. The second-order valence-electron chi connectivity index (χ2n) is 10.3. The Labute approximate surface area is 206 Å². The molecule has 1 aromatic heterocycles. The number of aryl methyl sites for hydroxylation is 1. The lowest BCUT2D eigenvalue weighted by Crippen LogP contribution is -2.46. The molecule has 1 saturated carbocycles. The molecule has 2 aliphatic heterocycles. The first-order valence-electron chi connectivity index (χ1n) is 13.0. The molecular weight excluding hydrogens is 442 g/mol. The minimum atomic E-state index is -0.270. The van der Waals surface area contributed by atoms with E-state index in [9.17, 15) is 14.4 Å². The number of carbonyl (C=O) groups excluding carboxylic acids is 3. The number of imide groups is 1. The molecule has 1 aromatic carbocycles. The maximum Gasteiger partial charge on any atom is 0.263 e. The van der Waals surface area contributed by atoms with Gasteiger partial charge in [-0.3, -0.25) is 24.0 Å². The van der Waals surface area contributed by atoms with Crippen LogP contribution in [0, 0.1) is 12.8 Å². The number of carbonyl (C=O) groups is 3. The zero-order valence-electron chi connectivity index (χ0n) is 20.8. The van der Waals surface area contributed by atoms with Crippen LogP contribution in [-0.2, 0) is 18.4 Å². The number of hydrogen-bond donors (Lipinski definition) is 1. The van der Waals surface area contributed by atoms with Crippen molar-refractivity contribution in [1.29, 1.82) is 0 Å². The molecule has 3 aliphatic rings. The molecule has 2 fully saturated rings. The molecule has 0 spiro atoms. The highest BCUT2D eigenvalue weighted by molar-refractivity contribution is 6.23. The lowest BCUT2D eigenvalue weighted by molar-refractivity contribution is -0.126. The van der Waals surface area contributed by atoms with Crippen molar-refractivity contribution in [3.8, 4) is 0 Å². The van der Waals surface area contributed by atoms with E-state index in [1.165, 1.54) is 30.6 Å². The number of piperidine rings is 1. The largest absolute Gasteiger partial charge is 0.370 e. The quantitative estimate of drug-likeness (QED) is 0.525. The number of aromatic nitrogens is 2. The molecule has 2 aromatic rings. The average molecular weight is 478 g/mol. The number of hydrogen-bond acceptors (Lipinski definition) is 5. The van der Waals surface area contributed by atoms with Gasteiger partial charge in [0.05, 0.1) is 35.5 Å². The molecule has 0 bridgehead atoms. The summed E-state index contributed by atoms with van der Waals surface area (Å²) in [5.41, 5.74) is 3.46. The number of benzene rings is 1. The Morgan fingerprint density at radius 2 is 1.83 bits per heavy atom. The van der Waals surface area contributed by atoms with Gasteiger partial charge in [0.2, 0.25) is 5.91 Å². The summed E-state index contributed by atoms with van der Waals surface area (Å²) in [6, 6.07) is 5.77. The van der Waals surface area contributed by atoms with Gasteiger partial charge >= 0.3 is 0 Å². The first-order chi connectivity index (χ1) is 16.9. The normalized spacial score (nSPS) is 21.3. The van der Waals surface area contributed by atoms with Gasteiger partial charge in [-0.2, -0.15) is 5.10 Å². The fraction of sp³-hybridized carbons (Fsp3) is 0.556. The van der Waals surface area contributed by atoms with Crippen molar-refractivity contribution in [2.45, 2.75) is 70.9 Å². The Kier molecular flexibility index (Phi) is 6.62. The SMILES string of the molecule is Cc1c(CN2C(=O)c3cccc(N4CCC[C@H](C(=O)NC5CCCCCC5)C4)c3C2=O)cnn1C. The van der Waals surface area contributed by atoms with Crippen LogP contribution in [0.2, 0.25) is 0 Å². The van der Waals surface area contributed by atoms with Crippen molar-refractivity contribution in [2.75, 3.05) is 18.0 Å². The second kappa shape index (κ2) is 9.84. The predicted octanol–water partition coefficient (Wildman–Crippen LogP) is 3.58. The van der Waals surface area contributed by atoms with Crippen LogP contribution < -0.4 is 10.2 Å². The van der Waals surface area contributed by atoms with Gasteiger partial charge in [-0.1, -0.05) is 31.7 Å². The van der Waals surface area contributed by atoms with Crippen molar-refractivity contribution in [3.63, 3.8) is 0 Å². The summed E-state index contributed by atoms with van der Waals surface area (Å²) in [4.78, 5) is 43.2. The van der Waals surface area contributed by atoms with Gasteiger partial charge in [0.25, 0.3) is 11.8 Å². The Hall–Kier alpha value is -3.16. The highest BCUT2D eigenvalue weighted by Gasteiger charge is 2.40. The van der Waals surface area contributed by atoms with Gasteiger partial charge in [0.1, 0.15) is 0 Å². The molecule has 186 valence electrons. The van der Waals surface area contributed by atoms with Crippen molar-refractivity contribution >= 4 is 23.4 Å². The molecule has 1 atom stereocenters. The van der Waals surface area contributed by atoms with Crippen molar-refractivity contribution in [3.05, 3.63) is 46.8 Å². The number of rotatable bonds is 5. The second-order valence-corrected chi connectivity index (χ2v) is 10.3. The molecule has 0 unspecified atom stereocenters. The minimum Gasteiger partial charge on any atom is -0.370 e. The number of nitrogens with zero attached hydrogens (tertiary/aromatic N) is 4. The van der Waals surface area contributed by atoms with Crippen molar-refractivity contribution in [1.82, 2.24) is 20.0 Å². The van der Waals surface area contributed by atoms with E-state index in [2.05, 4.69) is 15.3 Å². The number of nitrogens with one attached hydrogen (secondary N) is 1. The van der Waals surface area contributed by atoms with Gasteiger partial charge in [0, 0.05) is 37.4 Å². The van der Waals surface area contributed by atoms with Gasteiger partial charge in [-0.15, -0.1) is 0 Å². The summed E-state index contributed by atoms with van der Waals surface area (Å²) < 4.78 is 1.74. The molecule has 1 N–H and O–H groups in total. The number of fused-ring (bicyclic) bond motifs is 1. The molecule has 3 amide bonds. The van der Waals surface area contributed by atoms with E-state index < -0.39 is 0 Å². The van der Waals surface area contributed by atoms with E-state index in [4.69, 9.17) is 0 Å². The molecule has 8 heteroatoms. The third-order valence-electron chi connectivity index (χ3n) is 7.98. The van der Waals surface area contributed by atoms with Gasteiger partial charge in [-0.25, -0.2) is 0 Å². The van der Waals surface area contributed by atoms with Crippen LogP contribution in [0.4, 0.5) is 5.69 Å². The van der Waals surface area contributed by atoms with Crippen LogP contribution in [0.15, 0.2) is 24.4 Å². The van der Waals surface area contributed by atoms with E-state index in [-0.39, 0.29) is 36.2 Å². The van der Waals surface area contributed by atoms with Crippen LogP contribution >= 0.6 is 0 Å². The van der Waals surface area contributed by atoms with Crippen LogP contribution in [0.5, 0.6) is 0 Å². The smallest absolute Gasteiger partial charge is 0.263 e. The molecule has 3 heterocycles. The third kappa shape index (κ3) is 4.58. The van der Waals surface area contributed by atoms with E-state index in [1.54, 1.807) is 16.9 Å². The molecule has 1 aliphatic carbocycles. The minimum absolute atomic E-state index is 0.107. The van der Waals surface area contributed by atoms with E-state index in [0.29, 0.717) is 17.7 Å². The summed E-state index contributed by atoms with van der Waals surface area (Å²) >= 11 is 0. The Morgan fingerprint density at radius 1 is 1.06 bits per heavy atom. The van der Waals surface area contributed by atoms with Gasteiger partial charge in [-0.05, 0) is 44.7 Å².